The zero-order valence-corrected chi connectivity index (χ0v) is 13.2. The Morgan fingerprint density at radius 1 is 1.15 bits per heavy atom. The molecule has 0 aliphatic rings. The van der Waals surface area contributed by atoms with Crippen LogP contribution in [0, 0.1) is 0 Å². The number of nitrogens with one attached hydrogen (secondary N) is 1. The Morgan fingerprint density at radius 2 is 1.85 bits per heavy atom. The van der Waals surface area contributed by atoms with Crippen LogP contribution in [0.2, 0.25) is 0 Å². The van der Waals surface area contributed by atoms with Gasteiger partial charge in [-0.3, -0.25) is 0 Å². The summed E-state index contributed by atoms with van der Waals surface area (Å²) in [5.41, 5.74) is 2.84. The van der Waals surface area contributed by atoms with Gasteiger partial charge < -0.3 is 10.1 Å². The number of hydrogen-bond donors (Lipinski definition) is 2. The predicted molar refractivity (Wildman–Crippen MR) is 83.9 cm³/mol. The Morgan fingerprint density at radius 3 is 2.50 bits per heavy atom. The first-order valence-electron chi connectivity index (χ1n) is 5.73. The van der Waals surface area contributed by atoms with Crippen molar-refractivity contribution in [2.45, 2.75) is 0 Å². The molecule has 0 amide bonds. The van der Waals surface area contributed by atoms with Gasteiger partial charge in [0.1, 0.15) is 11.3 Å². The van der Waals surface area contributed by atoms with Crippen molar-refractivity contribution in [1.82, 2.24) is 9.97 Å². The van der Waals surface area contributed by atoms with Crippen LogP contribution in [0.5, 0.6) is 0 Å². The summed E-state index contributed by atoms with van der Waals surface area (Å²) >= 11 is 6.91. The Kier molecular flexibility index (Phi) is 3.35. The Hall–Kier alpha value is -1.66. The topological polar surface area (TPSA) is 66.0 Å². The molecule has 1 aromatic heterocycles. The summed E-state index contributed by atoms with van der Waals surface area (Å²) in [4.78, 5) is 18.6. The molecule has 3 aromatic rings. The molecule has 20 heavy (non-hydrogen) atoms. The number of carboxylic acid groups (broad SMARTS) is 1. The van der Waals surface area contributed by atoms with Gasteiger partial charge in [-0.25, -0.2) is 9.78 Å². The molecule has 3 rings (SSSR count). The van der Waals surface area contributed by atoms with Crippen LogP contribution in [0.4, 0.5) is 0 Å². The summed E-state index contributed by atoms with van der Waals surface area (Å²) in [5, 5.41) is 8.89. The Labute approximate surface area is 131 Å². The number of imidazole rings is 1. The van der Waals surface area contributed by atoms with E-state index < -0.39 is 5.97 Å². The number of H-pyrrole nitrogens is 1. The average molecular weight is 396 g/mol. The first-order chi connectivity index (χ1) is 9.54. The summed E-state index contributed by atoms with van der Waals surface area (Å²) < 4.78 is 1.85. The van der Waals surface area contributed by atoms with Crippen molar-refractivity contribution in [3.63, 3.8) is 0 Å². The van der Waals surface area contributed by atoms with Gasteiger partial charge in [-0.2, -0.15) is 0 Å². The number of aromatic nitrogens is 2. The number of nitrogens with zero attached hydrogens (tertiary/aromatic N) is 1. The van der Waals surface area contributed by atoms with E-state index in [4.69, 9.17) is 5.11 Å². The molecular weight excluding hydrogens is 388 g/mol. The molecule has 0 aliphatic carbocycles. The minimum atomic E-state index is -0.937. The van der Waals surface area contributed by atoms with Gasteiger partial charge in [-0.05, 0) is 40.2 Å². The molecule has 2 aromatic carbocycles. The third-order valence-corrected chi connectivity index (χ3v) is 3.97. The number of halogens is 2. The number of carbonyl (C=O) groups is 1. The number of hydrogen-bond acceptors (Lipinski definition) is 2. The fraction of sp³-hybridized carbons (Fsp3) is 0. The molecule has 4 nitrogen and oxygen atoms in total. The molecule has 1 heterocycles. The molecule has 0 fully saturated rings. The predicted octanol–water partition coefficient (Wildman–Crippen LogP) is 4.45. The van der Waals surface area contributed by atoms with Gasteiger partial charge in [0.2, 0.25) is 0 Å². The molecule has 0 bridgehead atoms. The number of fused-ring (bicyclic) bond motifs is 1. The van der Waals surface area contributed by atoms with Crippen LogP contribution in [-0.4, -0.2) is 21.0 Å². The molecule has 100 valence electrons. The second kappa shape index (κ2) is 5.03. The number of carboxylic acids is 1. The molecule has 0 saturated heterocycles. The molecule has 0 radical (unpaired) electrons. The summed E-state index contributed by atoms with van der Waals surface area (Å²) in [6.45, 7) is 0. The molecule has 0 atom stereocenters. The minimum Gasteiger partial charge on any atom is -0.478 e. The van der Waals surface area contributed by atoms with Gasteiger partial charge >= 0.3 is 5.97 Å². The zero-order chi connectivity index (χ0) is 14.3. The molecule has 0 aliphatic heterocycles. The minimum absolute atomic E-state index is 0.258. The highest BCUT2D eigenvalue weighted by Gasteiger charge is 2.10. The maximum Gasteiger partial charge on any atom is 0.335 e. The van der Waals surface area contributed by atoms with Crippen molar-refractivity contribution < 1.29 is 9.90 Å². The highest BCUT2D eigenvalue weighted by atomic mass is 79.9. The van der Waals surface area contributed by atoms with Crippen LogP contribution in [0.15, 0.2) is 45.3 Å². The van der Waals surface area contributed by atoms with E-state index in [1.165, 1.54) is 0 Å². The van der Waals surface area contributed by atoms with E-state index in [1.807, 2.05) is 12.1 Å². The highest BCUT2D eigenvalue weighted by molar-refractivity contribution is 9.11. The maximum absolute atomic E-state index is 10.8. The van der Waals surface area contributed by atoms with E-state index in [2.05, 4.69) is 41.8 Å². The number of benzene rings is 2. The summed E-state index contributed by atoms with van der Waals surface area (Å²) in [7, 11) is 0. The lowest BCUT2D eigenvalue weighted by molar-refractivity contribution is 0.0697. The van der Waals surface area contributed by atoms with Crippen LogP contribution in [0.1, 0.15) is 10.4 Å². The normalized spacial score (nSPS) is 10.9. The van der Waals surface area contributed by atoms with E-state index in [9.17, 15) is 4.79 Å². The lowest BCUT2D eigenvalue weighted by atomic mass is 10.1. The maximum atomic E-state index is 10.8. The summed E-state index contributed by atoms with van der Waals surface area (Å²) in [6, 6.07) is 10.5. The smallest absolute Gasteiger partial charge is 0.335 e. The van der Waals surface area contributed by atoms with Gasteiger partial charge in [0.25, 0.3) is 0 Å². The van der Waals surface area contributed by atoms with Crippen LogP contribution >= 0.6 is 31.9 Å². The van der Waals surface area contributed by atoms with Crippen LogP contribution in [0.25, 0.3) is 22.4 Å². The zero-order valence-electron chi connectivity index (χ0n) is 10.0. The summed E-state index contributed by atoms with van der Waals surface area (Å²) in [5.74, 6) is -0.233. The molecule has 0 saturated carbocycles. The van der Waals surface area contributed by atoms with Gasteiger partial charge in [0.15, 0.2) is 0 Å². The van der Waals surface area contributed by atoms with Crippen LogP contribution < -0.4 is 0 Å². The lowest BCUT2D eigenvalue weighted by Crippen LogP contribution is -1.95. The third kappa shape index (κ3) is 2.36. The van der Waals surface area contributed by atoms with E-state index >= 15 is 0 Å². The Balaban J connectivity index is 2.10. The average Bonchev–Trinajstić information content (AvgIpc) is 2.83. The second-order valence-electron chi connectivity index (χ2n) is 4.25. The first-order valence-corrected chi connectivity index (χ1v) is 7.31. The summed E-state index contributed by atoms with van der Waals surface area (Å²) in [6.07, 6.45) is 0. The van der Waals surface area contributed by atoms with Crippen LogP contribution in [-0.2, 0) is 0 Å². The van der Waals surface area contributed by atoms with E-state index in [1.54, 1.807) is 24.3 Å². The second-order valence-corrected chi connectivity index (χ2v) is 6.02. The SMILES string of the molecule is O=C(O)c1ccc(-c2nc3c(Br)cc(Br)cc3[nH]2)cc1. The van der Waals surface area contributed by atoms with E-state index in [0.29, 0.717) is 5.82 Å². The Bertz CT molecular complexity index is 810. The van der Waals surface area contributed by atoms with Crippen molar-refractivity contribution in [1.29, 1.82) is 0 Å². The van der Waals surface area contributed by atoms with Gasteiger partial charge in [-0.15, -0.1) is 0 Å². The fourth-order valence-electron chi connectivity index (χ4n) is 1.95. The molecular formula is C14H8Br2N2O2. The number of aromatic amines is 1. The van der Waals surface area contributed by atoms with E-state index in [-0.39, 0.29) is 5.56 Å². The van der Waals surface area contributed by atoms with Gasteiger partial charge in [0.05, 0.1) is 11.1 Å². The molecule has 2 N–H and O–H groups in total. The standard InChI is InChI=1S/C14H8Br2N2O2/c15-9-5-10(16)12-11(6-9)17-13(18-12)7-1-3-8(4-2-7)14(19)20/h1-6H,(H,17,18)(H,19,20). The highest BCUT2D eigenvalue weighted by Crippen LogP contribution is 2.29. The number of aromatic carboxylic acids is 1. The largest absolute Gasteiger partial charge is 0.478 e. The van der Waals surface area contributed by atoms with Crippen molar-refractivity contribution in [2.24, 2.45) is 0 Å². The first kappa shape index (κ1) is 13.3. The van der Waals surface area contributed by atoms with E-state index in [0.717, 1.165) is 25.5 Å². The van der Waals surface area contributed by atoms with Crippen LogP contribution in [0.3, 0.4) is 0 Å². The lowest BCUT2D eigenvalue weighted by Gasteiger charge is -1.97. The van der Waals surface area contributed by atoms with Gasteiger partial charge in [-0.1, -0.05) is 28.1 Å². The molecule has 0 unspecified atom stereocenters. The molecule has 6 heteroatoms. The van der Waals surface area contributed by atoms with Gasteiger partial charge in [0, 0.05) is 14.5 Å². The quantitative estimate of drug-likeness (QED) is 0.673. The molecule has 0 spiro atoms. The third-order valence-electron chi connectivity index (χ3n) is 2.91. The van der Waals surface area contributed by atoms with Crippen molar-refractivity contribution >= 4 is 48.9 Å². The van der Waals surface area contributed by atoms with Crippen molar-refractivity contribution in [3.8, 4) is 11.4 Å². The van der Waals surface area contributed by atoms with Crippen molar-refractivity contribution in [2.75, 3.05) is 0 Å². The fourth-order valence-corrected chi connectivity index (χ4v) is 3.26. The van der Waals surface area contributed by atoms with Crippen molar-refractivity contribution in [3.05, 3.63) is 50.9 Å². The monoisotopic (exact) mass is 394 g/mol. The number of rotatable bonds is 2.